The summed E-state index contributed by atoms with van der Waals surface area (Å²) in [6.45, 7) is 2.23. The SMILES string of the molecule is CC1CCC(C(O)c2sccc2C(=O)O)CC1. The standard InChI is InChI=1S/C13H18O3S/c1-8-2-4-9(5-3-8)11(14)12-10(13(15)16)6-7-17-12/h6-9,11,14H,2-5H2,1H3,(H,15,16). The summed E-state index contributed by atoms with van der Waals surface area (Å²) in [5, 5.41) is 21.1. The molecule has 1 aliphatic carbocycles. The van der Waals surface area contributed by atoms with E-state index in [1.165, 1.54) is 11.3 Å². The van der Waals surface area contributed by atoms with Crippen molar-refractivity contribution in [2.75, 3.05) is 0 Å². The minimum absolute atomic E-state index is 0.225. The van der Waals surface area contributed by atoms with Crippen LogP contribution in [0.1, 0.15) is 53.9 Å². The van der Waals surface area contributed by atoms with Crippen molar-refractivity contribution in [3.8, 4) is 0 Å². The van der Waals surface area contributed by atoms with Crippen molar-refractivity contribution in [3.05, 3.63) is 21.9 Å². The topological polar surface area (TPSA) is 57.5 Å². The van der Waals surface area contributed by atoms with Crippen molar-refractivity contribution >= 4 is 17.3 Å². The summed E-state index contributed by atoms with van der Waals surface area (Å²) in [7, 11) is 0. The fourth-order valence-electron chi connectivity index (χ4n) is 2.54. The molecular weight excluding hydrogens is 236 g/mol. The van der Waals surface area contributed by atoms with Gasteiger partial charge in [0.25, 0.3) is 0 Å². The van der Waals surface area contributed by atoms with Gasteiger partial charge in [-0.1, -0.05) is 19.8 Å². The molecule has 2 N–H and O–H groups in total. The molecule has 3 nitrogen and oxygen atoms in total. The zero-order valence-corrected chi connectivity index (χ0v) is 10.7. The number of rotatable bonds is 3. The first-order valence-electron chi connectivity index (χ1n) is 6.08. The number of carboxylic acid groups (broad SMARTS) is 1. The molecular formula is C13H18O3S. The lowest BCUT2D eigenvalue weighted by Gasteiger charge is -2.29. The van der Waals surface area contributed by atoms with Gasteiger partial charge in [-0.15, -0.1) is 11.3 Å². The van der Waals surface area contributed by atoms with Gasteiger partial charge in [-0.2, -0.15) is 0 Å². The normalized spacial score (nSPS) is 26.7. The van der Waals surface area contributed by atoms with Gasteiger partial charge in [-0.25, -0.2) is 4.79 Å². The van der Waals surface area contributed by atoms with Gasteiger partial charge in [0.15, 0.2) is 0 Å². The monoisotopic (exact) mass is 254 g/mol. The van der Waals surface area contributed by atoms with Crippen LogP contribution in [0.3, 0.4) is 0 Å². The van der Waals surface area contributed by atoms with Gasteiger partial charge < -0.3 is 10.2 Å². The number of hydrogen-bond acceptors (Lipinski definition) is 3. The Bertz CT molecular complexity index is 391. The van der Waals surface area contributed by atoms with Crippen molar-refractivity contribution in [2.45, 2.75) is 38.7 Å². The molecule has 0 spiro atoms. The molecule has 0 saturated heterocycles. The smallest absolute Gasteiger partial charge is 0.336 e. The Balaban J connectivity index is 2.11. The number of aliphatic hydroxyl groups is 1. The van der Waals surface area contributed by atoms with Crippen molar-refractivity contribution in [2.24, 2.45) is 11.8 Å². The summed E-state index contributed by atoms with van der Waals surface area (Å²) in [5.41, 5.74) is 0.265. The Hall–Kier alpha value is -0.870. The van der Waals surface area contributed by atoms with Crippen LogP contribution in [-0.2, 0) is 0 Å². The Morgan fingerprint density at radius 1 is 1.41 bits per heavy atom. The van der Waals surface area contributed by atoms with Crippen LogP contribution >= 0.6 is 11.3 Å². The van der Waals surface area contributed by atoms with Crippen molar-refractivity contribution in [3.63, 3.8) is 0 Å². The van der Waals surface area contributed by atoms with Gasteiger partial charge in [0.05, 0.1) is 11.7 Å². The number of hydrogen-bond donors (Lipinski definition) is 2. The second kappa shape index (κ2) is 5.19. The van der Waals surface area contributed by atoms with Crippen LogP contribution in [0.4, 0.5) is 0 Å². The lowest BCUT2D eigenvalue weighted by molar-refractivity contribution is 0.0649. The quantitative estimate of drug-likeness (QED) is 0.870. The van der Waals surface area contributed by atoms with E-state index in [4.69, 9.17) is 5.11 Å². The number of carbonyl (C=O) groups is 1. The van der Waals surface area contributed by atoms with Crippen molar-refractivity contribution in [1.82, 2.24) is 0 Å². The van der Waals surface area contributed by atoms with E-state index in [2.05, 4.69) is 6.92 Å². The Kier molecular flexibility index (Phi) is 3.84. The first-order valence-corrected chi connectivity index (χ1v) is 6.96. The summed E-state index contributed by atoms with van der Waals surface area (Å²) in [6.07, 6.45) is 3.66. The third-order valence-electron chi connectivity index (χ3n) is 3.70. The van der Waals surface area contributed by atoms with Gasteiger partial charge in [0, 0.05) is 4.88 Å². The molecule has 1 aromatic rings. The first kappa shape index (κ1) is 12.6. The highest BCUT2D eigenvalue weighted by atomic mass is 32.1. The number of aliphatic hydroxyl groups excluding tert-OH is 1. The molecule has 0 amide bonds. The third-order valence-corrected chi connectivity index (χ3v) is 4.69. The highest BCUT2D eigenvalue weighted by molar-refractivity contribution is 7.10. The highest BCUT2D eigenvalue weighted by Crippen LogP contribution is 2.39. The molecule has 1 saturated carbocycles. The van der Waals surface area contributed by atoms with Crippen LogP contribution in [-0.4, -0.2) is 16.2 Å². The molecule has 94 valence electrons. The lowest BCUT2D eigenvalue weighted by Crippen LogP contribution is -2.20. The summed E-state index contributed by atoms with van der Waals surface area (Å²) < 4.78 is 0. The molecule has 1 aromatic heterocycles. The van der Waals surface area contributed by atoms with Gasteiger partial charge in [-0.05, 0) is 36.1 Å². The fraction of sp³-hybridized carbons (Fsp3) is 0.615. The zero-order valence-electron chi connectivity index (χ0n) is 9.93. The molecule has 4 heteroatoms. The van der Waals surface area contributed by atoms with Gasteiger partial charge in [0.2, 0.25) is 0 Å². The van der Waals surface area contributed by atoms with Crippen LogP contribution in [0.25, 0.3) is 0 Å². The molecule has 0 bridgehead atoms. The van der Waals surface area contributed by atoms with Gasteiger partial charge in [-0.3, -0.25) is 0 Å². The predicted molar refractivity (Wildman–Crippen MR) is 67.4 cm³/mol. The maximum Gasteiger partial charge on any atom is 0.336 e. The molecule has 1 aliphatic rings. The van der Waals surface area contributed by atoms with E-state index in [-0.39, 0.29) is 11.5 Å². The number of thiophene rings is 1. The average Bonchev–Trinajstić information content (AvgIpc) is 2.78. The maximum absolute atomic E-state index is 11.0. The second-order valence-corrected chi connectivity index (χ2v) is 5.92. The van der Waals surface area contributed by atoms with Crippen molar-refractivity contribution in [1.29, 1.82) is 0 Å². The molecule has 2 rings (SSSR count). The molecule has 17 heavy (non-hydrogen) atoms. The zero-order chi connectivity index (χ0) is 12.4. The number of carboxylic acids is 1. The molecule has 1 fully saturated rings. The Labute approximate surface area is 105 Å². The van der Waals surface area contributed by atoms with Gasteiger partial charge >= 0.3 is 5.97 Å². The van der Waals surface area contributed by atoms with Crippen LogP contribution in [0, 0.1) is 11.8 Å². The highest BCUT2D eigenvalue weighted by Gasteiger charge is 2.29. The molecule has 1 heterocycles. The third kappa shape index (κ3) is 2.69. The minimum Gasteiger partial charge on any atom is -0.478 e. The van der Waals surface area contributed by atoms with E-state index in [1.54, 1.807) is 11.4 Å². The van der Waals surface area contributed by atoms with E-state index in [0.717, 1.165) is 31.6 Å². The van der Waals surface area contributed by atoms with Crippen LogP contribution in [0.15, 0.2) is 11.4 Å². The Morgan fingerprint density at radius 2 is 2.06 bits per heavy atom. The summed E-state index contributed by atoms with van der Waals surface area (Å²) in [5.74, 6) is 0.0214. The van der Waals surface area contributed by atoms with Crippen molar-refractivity contribution < 1.29 is 15.0 Å². The molecule has 1 atom stereocenters. The van der Waals surface area contributed by atoms with Crippen LogP contribution in [0.5, 0.6) is 0 Å². The first-order chi connectivity index (χ1) is 8.09. The minimum atomic E-state index is -0.940. The summed E-state index contributed by atoms with van der Waals surface area (Å²) in [6, 6.07) is 1.58. The molecule has 0 aromatic carbocycles. The number of aromatic carboxylic acids is 1. The average molecular weight is 254 g/mol. The van der Waals surface area contributed by atoms with E-state index < -0.39 is 12.1 Å². The largest absolute Gasteiger partial charge is 0.478 e. The Morgan fingerprint density at radius 3 is 2.65 bits per heavy atom. The van der Waals surface area contributed by atoms with E-state index in [0.29, 0.717) is 4.88 Å². The summed E-state index contributed by atoms with van der Waals surface area (Å²) >= 11 is 1.35. The van der Waals surface area contributed by atoms with Crippen LogP contribution < -0.4 is 0 Å². The molecule has 0 aliphatic heterocycles. The molecule has 1 unspecified atom stereocenters. The van der Waals surface area contributed by atoms with Crippen LogP contribution in [0.2, 0.25) is 0 Å². The fourth-order valence-corrected chi connectivity index (χ4v) is 3.51. The van der Waals surface area contributed by atoms with E-state index >= 15 is 0 Å². The maximum atomic E-state index is 11.0. The van der Waals surface area contributed by atoms with Gasteiger partial charge in [0.1, 0.15) is 0 Å². The van der Waals surface area contributed by atoms with E-state index in [1.807, 2.05) is 0 Å². The van der Waals surface area contributed by atoms with E-state index in [9.17, 15) is 9.90 Å². The lowest BCUT2D eigenvalue weighted by atomic mass is 9.79. The summed E-state index contributed by atoms with van der Waals surface area (Å²) in [4.78, 5) is 11.6. The molecule has 0 radical (unpaired) electrons. The second-order valence-electron chi connectivity index (χ2n) is 4.97. The predicted octanol–water partition coefficient (Wildman–Crippen LogP) is 3.31.